The maximum atomic E-state index is 12.3. The predicted octanol–water partition coefficient (Wildman–Crippen LogP) is 3.84. The molecule has 0 aliphatic rings. The quantitative estimate of drug-likeness (QED) is 0.764. The van der Waals surface area contributed by atoms with E-state index in [0.717, 1.165) is 22.7 Å². The zero-order valence-electron chi connectivity index (χ0n) is 15.5. The van der Waals surface area contributed by atoms with Gasteiger partial charge < -0.3 is 9.88 Å². The Morgan fingerprint density at radius 2 is 2.04 bits per heavy atom. The van der Waals surface area contributed by atoms with E-state index in [-0.39, 0.29) is 17.6 Å². The number of nitrogens with zero attached hydrogens (tertiary/aromatic N) is 3. The van der Waals surface area contributed by atoms with Crippen LogP contribution in [-0.4, -0.2) is 26.8 Å². The summed E-state index contributed by atoms with van der Waals surface area (Å²) in [6.07, 6.45) is 0. The summed E-state index contributed by atoms with van der Waals surface area (Å²) >= 11 is 1.42. The number of fused-ring (bicyclic) bond motifs is 1. The number of imidazole rings is 1. The average Bonchev–Trinajstić information content (AvgIpc) is 2.90. The SMILES string of the molecule is CC(C)Cn1c(SCC(=O)N[C@@](C)(C#N)C(C)C)nc2ccccc21. The van der Waals surface area contributed by atoms with E-state index in [1.165, 1.54) is 11.8 Å². The Labute approximate surface area is 153 Å². The average molecular weight is 359 g/mol. The van der Waals surface area contributed by atoms with Gasteiger partial charge in [0.25, 0.3) is 0 Å². The second-order valence-corrected chi connectivity index (χ2v) is 8.14. The molecule has 134 valence electrons. The number of aromatic nitrogens is 2. The highest BCUT2D eigenvalue weighted by Gasteiger charge is 2.30. The molecule has 1 aromatic carbocycles. The Balaban J connectivity index is 2.15. The molecule has 0 saturated heterocycles. The van der Waals surface area contributed by atoms with E-state index in [0.29, 0.717) is 5.92 Å². The lowest BCUT2D eigenvalue weighted by Crippen LogP contribution is -2.49. The normalized spacial score (nSPS) is 13.8. The first-order chi connectivity index (χ1) is 11.8. The fourth-order valence-corrected chi connectivity index (χ4v) is 3.29. The lowest BCUT2D eigenvalue weighted by atomic mass is 9.90. The zero-order chi connectivity index (χ0) is 18.6. The first kappa shape index (κ1) is 19.3. The van der Waals surface area contributed by atoms with Crippen molar-refractivity contribution >= 4 is 28.7 Å². The number of thioether (sulfide) groups is 1. The van der Waals surface area contributed by atoms with Crippen molar-refractivity contribution in [1.29, 1.82) is 5.26 Å². The predicted molar refractivity (Wildman–Crippen MR) is 102 cm³/mol. The van der Waals surface area contributed by atoms with Crippen LogP contribution in [0, 0.1) is 23.2 Å². The van der Waals surface area contributed by atoms with Crippen LogP contribution in [0.3, 0.4) is 0 Å². The molecule has 5 nitrogen and oxygen atoms in total. The summed E-state index contributed by atoms with van der Waals surface area (Å²) < 4.78 is 2.17. The lowest BCUT2D eigenvalue weighted by Gasteiger charge is -2.27. The van der Waals surface area contributed by atoms with Crippen molar-refractivity contribution in [2.24, 2.45) is 11.8 Å². The van der Waals surface area contributed by atoms with Gasteiger partial charge in [-0.05, 0) is 30.9 Å². The van der Waals surface area contributed by atoms with Crippen LogP contribution in [0.1, 0.15) is 34.6 Å². The Kier molecular flexibility index (Phi) is 6.12. The van der Waals surface area contributed by atoms with Crippen molar-refractivity contribution in [1.82, 2.24) is 14.9 Å². The first-order valence-electron chi connectivity index (χ1n) is 8.57. The van der Waals surface area contributed by atoms with Crippen molar-refractivity contribution in [3.8, 4) is 6.07 Å². The van der Waals surface area contributed by atoms with Gasteiger partial charge in [-0.25, -0.2) is 4.98 Å². The third-order valence-electron chi connectivity index (χ3n) is 4.29. The molecule has 0 fully saturated rings. The number of rotatable bonds is 7. The largest absolute Gasteiger partial charge is 0.337 e. The minimum atomic E-state index is -0.851. The number of hydrogen-bond acceptors (Lipinski definition) is 4. The molecule has 2 aromatic rings. The smallest absolute Gasteiger partial charge is 0.231 e. The molecule has 0 saturated carbocycles. The molecule has 0 bridgehead atoms. The van der Waals surface area contributed by atoms with Crippen molar-refractivity contribution in [2.45, 2.75) is 51.9 Å². The topological polar surface area (TPSA) is 70.7 Å². The molecule has 0 aliphatic heterocycles. The van der Waals surface area contributed by atoms with Crippen molar-refractivity contribution in [2.75, 3.05) is 5.75 Å². The minimum absolute atomic E-state index is 0.0389. The molecule has 1 atom stereocenters. The van der Waals surface area contributed by atoms with Gasteiger partial charge in [-0.2, -0.15) is 5.26 Å². The van der Waals surface area contributed by atoms with Crippen LogP contribution in [0.15, 0.2) is 29.4 Å². The van der Waals surface area contributed by atoms with Crippen molar-refractivity contribution in [3.63, 3.8) is 0 Å². The highest BCUT2D eigenvalue weighted by Crippen LogP contribution is 2.25. The number of carbonyl (C=O) groups excluding carboxylic acids is 1. The summed E-state index contributed by atoms with van der Waals surface area (Å²) in [5.41, 5.74) is 1.17. The van der Waals surface area contributed by atoms with Gasteiger partial charge in [0, 0.05) is 6.54 Å². The maximum absolute atomic E-state index is 12.3. The van der Waals surface area contributed by atoms with E-state index < -0.39 is 5.54 Å². The number of para-hydroxylation sites is 2. The minimum Gasteiger partial charge on any atom is -0.337 e. The van der Waals surface area contributed by atoms with Crippen LogP contribution in [0.4, 0.5) is 0 Å². The first-order valence-corrected chi connectivity index (χ1v) is 9.55. The van der Waals surface area contributed by atoms with Crippen LogP contribution in [0.25, 0.3) is 11.0 Å². The molecule has 0 aliphatic carbocycles. The van der Waals surface area contributed by atoms with Gasteiger partial charge in [0.15, 0.2) is 5.16 Å². The Morgan fingerprint density at radius 1 is 1.36 bits per heavy atom. The van der Waals surface area contributed by atoms with Gasteiger partial charge in [0.2, 0.25) is 5.91 Å². The molecular formula is C19H26N4OS. The highest BCUT2D eigenvalue weighted by molar-refractivity contribution is 7.99. The molecule has 1 aromatic heterocycles. The Morgan fingerprint density at radius 3 is 2.64 bits per heavy atom. The van der Waals surface area contributed by atoms with Gasteiger partial charge >= 0.3 is 0 Å². The van der Waals surface area contributed by atoms with E-state index in [2.05, 4.69) is 40.9 Å². The van der Waals surface area contributed by atoms with Crippen LogP contribution in [-0.2, 0) is 11.3 Å². The summed E-state index contributed by atoms with van der Waals surface area (Å²) in [5.74, 6) is 0.613. The third-order valence-corrected chi connectivity index (χ3v) is 5.26. The molecule has 1 amide bonds. The Bertz CT molecular complexity index is 790. The van der Waals surface area contributed by atoms with Gasteiger partial charge in [0.05, 0.1) is 22.9 Å². The zero-order valence-corrected chi connectivity index (χ0v) is 16.4. The van der Waals surface area contributed by atoms with Gasteiger partial charge in [-0.3, -0.25) is 4.79 Å². The summed E-state index contributed by atoms with van der Waals surface area (Å²) in [4.78, 5) is 17.0. The maximum Gasteiger partial charge on any atom is 0.231 e. The van der Waals surface area contributed by atoms with Gasteiger partial charge in [-0.1, -0.05) is 51.6 Å². The van der Waals surface area contributed by atoms with E-state index >= 15 is 0 Å². The lowest BCUT2D eigenvalue weighted by molar-refractivity contribution is -0.120. The summed E-state index contributed by atoms with van der Waals surface area (Å²) in [5, 5.41) is 13.0. The number of nitriles is 1. The number of carbonyl (C=O) groups is 1. The van der Waals surface area contributed by atoms with Crippen LogP contribution in [0.5, 0.6) is 0 Å². The third kappa shape index (κ3) is 4.55. The van der Waals surface area contributed by atoms with Crippen molar-refractivity contribution in [3.05, 3.63) is 24.3 Å². The molecule has 0 radical (unpaired) electrons. The van der Waals surface area contributed by atoms with Crippen LogP contribution in [0.2, 0.25) is 0 Å². The second kappa shape index (κ2) is 7.92. The number of hydrogen-bond donors (Lipinski definition) is 1. The molecule has 2 rings (SSSR count). The fourth-order valence-electron chi connectivity index (χ4n) is 2.46. The molecule has 1 N–H and O–H groups in total. The number of benzene rings is 1. The van der Waals surface area contributed by atoms with Crippen LogP contribution >= 0.6 is 11.8 Å². The number of amides is 1. The van der Waals surface area contributed by atoms with Crippen molar-refractivity contribution < 1.29 is 4.79 Å². The van der Waals surface area contributed by atoms with E-state index in [1.807, 2.05) is 32.0 Å². The molecule has 1 heterocycles. The van der Waals surface area contributed by atoms with E-state index in [4.69, 9.17) is 0 Å². The standard InChI is InChI=1S/C19H26N4OS/c1-13(2)10-23-16-9-7-6-8-15(16)21-18(23)25-11-17(24)22-19(5,12-20)14(3)4/h6-9,13-14H,10-11H2,1-5H3,(H,22,24)/t19-/m0/s1. The van der Waals surface area contributed by atoms with Gasteiger partial charge in [0.1, 0.15) is 5.54 Å². The van der Waals surface area contributed by atoms with E-state index in [1.54, 1.807) is 6.92 Å². The molecule has 25 heavy (non-hydrogen) atoms. The molecule has 6 heteroatoms. The van der Waals surface area contributed by atoms with Crippen LogP contribution < -0.4 is 5.32 Å². The summed E-state index contributed by atoms with van der Waals surface area (Å²) in [6.45, 7) is 10.8. The van der Waals surface area contributed by atoms with Gasteiger partial charge in [-0.15, -0.1) is 0 Å². The monoisotopic (exact) mass is 358 g/mol. The second-order valence-electron chi connectivity index (χ2n) is 7.19. The molecular weight excluding hydrogens is 332 g/mol. The van der Waals surface area contributed by atoms with E-state index in [9.17, 15) is 10.1 Å². The fraction of sp³-hybridized carbons (Fsp3) is 0.526. The molecule has 0 unspecified atom stereocenters. The summed E-state index contributed by atoms with van der Waals surface area (Å²) in [7, 11) is 0. The highest BCUT2D eigenvalue weighted by atomic mass is 32.2. The number of nitrogens with one attached hydrogen (secondary N) is 1. The Hall–Kier alpha value is -2.00. The molecule has 0 spiro atoms. The summed E-state index contributed by atoms with van der Waals surface area (Å²) in [6, 6.07) is 10.2.